The van der Waals surface area contributed by atoms with Crippen molar-refractivity contribution in [3.63, 3.8) is 0 Å². The van der Waals surface area contributed by atoms with Crippen LogP contribution < -0.4 is 16.2 Å². The smallest absolute Gasteiger partial charge is 0.250 e. The van der Waals surface area contributed by atoms with Crippen LogP contribution in [0.25, 0.3) is 0 Å². The second-order valence-corrected chi connectivity index (χ2v) is 7.16. The second kappa shape index (κ2) is 9.22. The molecule has 0 aliphatic carbocycles. The van der Waals surface area contributed by atoms with Gasteiger partial charge in [-0.2, -0.15) is 0 Å². The van der Waals surface area contributed by atoms with Gasteiger partial charge in [-0.3, -0.25) is 9.79 Å². The average Bonchev–Trinajstić information content (AvgIpc) is 3.08. The number of oxazole rings is 1. The molecule has 0 aliphatic rings. The van der Waals surface area contributed by atoms with Crippen LogP contribution >= 0.6 is 0 Å². The highest BCUT2D eigenvalue weighted by atomic mass is 16.4. The summed E-state index contributed by atoms with van der Waals surface area (Å²) in [6, 6.07) is 5.21. The summed E-state index contributed by atoms with van der Waals surface area (Å²) < 4.78 is 7.48. The number of rotatable bonds is 7. The molecule has 7 heteroatoms. The zero-order valence-electron chi connectivity index (χ0n) is 16.1. The van der Waals surface area contributed by atoms with Crippen molar-refractivity contribution in [2.75, 3.05) is 13.6 Å². The predicted molar refractivity (Wildman–Crippen MR) is 103 cm³/mol. The van der Waals surface area contributed by atoms with Crippen LogP contribution in [0.1, 0.15) is 45.3 Å². The van der Waals surface area contributed by atoms with Crippen LogP contribution in [-0.2, 0) is 18.5 Å². The molecule has 0 aliphatic heterocycles. The number of unbranched alkanes of at least 4 members (excludes halogenated alkanes) is 1. The van der Waals surface area contributed by atoms with Gasteiger partial charge in [-0.25, -0.2) is 4.98 Å². The van der Waals surface area contributed by atoms with Crippen LogP contribution in [0.15, 0.2) is 44.8 Å². The highest BCUT2D eigenvalue weighted by molar-refractivity contribution is 5.79. The van der Waals surface area contributed by atoms with Gasteiger partial charge in [-0.1, -0.05) is 26.8 Å². The maximum atomic E-state index is 11.6. The lowest BCUT2D eigenvalue weighted by atomic mass is 9.94. The van der Waals surface area contributed by atoms with Crippen molar-refractivity contribution >= 4 is 5.96 Å². The lowest BCUT2D eigenvalue weighted by Crippen LogP contribution is -2.37. The largest absolute Gasteiger partial charge is 0.443 e. The Morgan fingerprint density at radius 1 is 1.27 bits per heavy atom. The van der Waals surface area contributed by atoms with E-state index in [-0.39, 0.29) is 11.0 Å². The molecule has 0 saturated heterocycles. The van der Waals surface area contributed by atoms with Crippen LogP contribution in [0, 0.1) is 0 Å². The van der Waals surface area contributed by atoms with Gasteiger partial charge in [0.25, 0.3) is 0 Å². The molecule has 0 unspecified atom stereocenters. The molecular weight excluding hydrogens is 330 g/mol. The third-order valence-corrected chi connectivity index (χ3v) is 3.94. The summed E-state index contributed by atoms with van der Waals surface area (Å²) in [5.41, 5.74) is -0.00942. The number of aromatic nitrogens is 2. The van der Waals surface area contributed by atoms with Crippen LogP contribution in [0.4, 0.5) is 0 Å². The first-order valence-corrected chi connectivity index (χ1v) is 8.95. The van der Waals surface area contributed by atoms with Crippen LogP contribution in [0.5, 0.6) is 0 Å². The molecular formula is C19H29N5O2. The van der Waals surface area contributed by atoms with Crippen LogP contribution in [0.2, 0.25) is 0 Å². The van der Waals surface area contributed by atoms with Gasteiger partial charge in [0, 0.05) is 37.8 Å². The zero-order valence-corrected chi connectivity index (χ0v) is 16.1. The highest BCUT2D eigenvalue weighted by Gasteiger charge is 2.19. The van der Waals surface area contributed by atoms with E-state index in [4.69, 9.17) is 4.42 Å². The minimum absolute atomic E-state index is 0.0403. The number of aryl methyl sites for hydroxylation is 1. The van der Waals surface area contributed by atoms with E-state index in [1.807, 2.05) is 12.3 Å². The molecule has 0 saturated carbocycles. The van der Waals surface area contributed by atoms with Gasteiger partial charge in [0.15, 0.2) is 5.96 Å². The Hall–Kier alpha value is -2.57. The molecule has 0 amide bonds. The van der Waals surface area contributed by atoms with Crippen molar-refractivity contribution in [2.24, 2.45) is 4.99 Å². The maximum absolute atomic E-state index is 11.6. The first-order chi connectivity index (χ1) is 12.4. The summed E-state index contributed by atoms with van der Waals surface area (Å²) in [7, 11) is 1.73. The molecule has 0 spiro atoms. The van der Waals surface area contributed by atoms with Gasteiger partial charge >= 0.3 is 0 Å². The molecule has 2 aromatic heterocycles. The molecule has 2 N–H and O–H groups in total. The monoisotopic (exact) mass is 359 g/mol. The van der Waals surface area contributed by atoms with Gasteiger partial charge in [-0.05, 0) is 18.9 Å². The van der Waals surface area contributed by atoms with Gasteiger partial charge in [0.1, 0.15) is 5.76 Å². The summed E-state index contributed by atoms with van der Waals surface area (Å²) >= 11 is 0. The van der Waals surface area contributed by atoms with E-state index in [2.05, 4.69) is 41.4 Å². The Labute approximate surface area is 154 Å². The minimum Gasteiger partial charge on any atom is -0.443 e. The molecule has 142 valence electrons. The summed E-state index contributed by atoms with van der Waals surface area (Å²) in [5.74, 6) is 2.21. The summed E-state index contributed by atoms with van der Waals surface area (Å²) in [5, 5.41) is 6.46. The lowest BCUT2D eigenvalue weighted by Gasteiger charge is -2.13. The van der Waals surface area contributed by atoms with E-state index in [9.17, 15) is 4.79 Å². The van der Waals surface area contributed by atoms with Crippen molar-refractivity contribution in [1.29, 1.82) is 0 Å². The van der Waals surface area contributed by atoms with Crippen LogP contribution in [0.3, 0.4) is 0 Å². The second-order valence-electron chi connectivity index (χ2n) is 7.16. The zero-order chi connectivity index (χ0) is 19.0. The third kappa shape index (κ3) is 6.06. The number of hydrogen-bond donors (Lipinski definition) is 2. The van der Waals surface area contributed by atoms with Gasteiger partial charge in [-0.15, -0.1) is 0 Å². The first-order valence-electron chi connectivity index (χ1n) is 8.95. The maximum Gasteiger partial charge on any atom is 0.250 e. The molecule has 2 rings (SSSR count). The number of nitrogens with zero attached hydrogens (tertiary/aromatic N) is 3. The molecule has 26 heavy (non-hydrogen) atoms. The third-order valence-electron chi connectivity index (χ3n) is 3.94. The Morgan fingerprint density at radius 2 is 2.08 bits per heavy atom. The molecule has 0 aromatic carbocycles. The number of nitrogens with one attached hydrogen (secondary N) is 2. The predicted octanol–water partition coefficient (Wildman–Crippen LogP) is 2.28. The van der Waals surface area contributed by atoms with E-state index in [1.165, 1.54) is 0 Å². The normalized spacial score (nSPS) is 12.2. The van der Waals surface area contributed by atoms with E-state index in [0.29, 0.717) is 18.4 Å². The van der Waals surface area contributed by atoms with E-state index >= 15 is 0 Å². The molecule has 0 radical (unpaired) electrons. The fourth-order valence-electron chi connectivity index (χ4n) is 2.38. The van der Waals surface area contributed by atoms with Gasteiger partial charge < -0.3 is 19.6 Å². The van der Waals surface area contributed by atoms with Crippen molar-refractivity contribution in [3.05, 3.63) is 52.6 Å². The fourth-order valence-corrected chi connectivity index (χ4v) is 2.38. The molecule has 0 atom stereocenters. The molecule has 0 fully saturated rings. The van der Waals surface area contributed by atoms with Crippen molar-refractivity contribution in [2.45, 2.75) is 52.1 Å². The van der Waals surface area contributed by atoms with Crippen molar-refractivity contribution in [1.82, 2.24) is 20.2 Å². The lowest BCUT2D eigenvalue weighted by molar-refractivity contribution is 0.379. The summed E-state index contributed by atoms with van der Waals surface area (Å²) in [6.07, 6.45) is 5.45. The number of guanidine groups is 1. The standard InChI is InChI=1S/C19H29N5O2/c1-19(2,3)15-13-22-16(26-15)14-23-18(20-4)21-10-6-8-12-24-11-7-5-9-17(24)25/h5,7,9,11,13H,6,8,10,12,14H2,1-4H3,(H2,20,21,23). The first kappa shape index (κ1) is 19.8. The Kier molecular flexibility index (Phi) is 7.00. The highest BCUT2D eigenvalue weighted by Crippen LogP contribution is 2.22. The van der Waals surface area contributed by atoms with Crippen molar-refractivity contribution in [3.8, 4) is 0 Å². The molecule has 2 heterocycles. The Balaban J connectivity index is 1.69. The topological polar surface area (TPSA) is 84.5 Å². The fraction of sp³-hybridized carbons (Fsp3) is 0.526. The van der Waals surface area contributed by atoms with E-state index in [0.717, 1.165) is 31.7 Å². The SMILES string of the molecule is CN=C(NCCCCn1ccccc1=O)NCc1ncc(C(C)(C)C)o1. The molecule has 0 bridgehead atoms. The number of pyridine rings is 1. The Bertz CT molecular complexity index is 770. The summed E-state index contributed by atoms with van der Waals surface area (Å²) in [4.78, 5) is 20.1. The van der Waals surface area contributed by atoms with E-state index < -0.39 is 0 Å². The quantitative estimate of drug-likeness (QED) is 0.450. The average molecular weight is 359 g/mol. The summed E-state index contributed by atoms with van der Waals surface area (Å²) in [6.45, 7) is 8.26. The van der Waals surface area contributed by atoms with Gasteiger partial charge in [0.05, 0.1) is 12.7 Å². The van der Waals surface area contributed by atoms with Gasteiger partial charge in [0.2, 0.25) is 11.4 Å². The van der Waals surface area contributed by atoms with E-state index in [1.54, 1.807) is 29.9 Å². The Morgan fingerprint density at radius 3 is 2.73 bits per heavy atom. The van der Waals surface area contributed by atoms with Crippen LogP contribution in [-0.4, -0.2) is 29.1 Å². The number of hydrogen-bond acceptors (Lipinski definition) is 4. The number of aliphatic imine (C=N–C) groups is 1. The molecule has 2 aromatic rings. The minimum atomic E-state index is -0.0497. The van der Waals surface area contributed by atoms with Crippen molar-refractivity contribution < 1.29 is 4.42 Å². The molecule has 7 nitrogen and oxygen atoms in total.